The molecule has 0 aliphatic carbocycles. The van der Waals surface area contributed by atoms with E-state index in [1.807, 2.05) is 30.6 Å². The zero-order chi connectivity index (χ0) is 11.0. The first-order chi connectivity index (χ1) is 7.88. The molecule has 0 amide bonds. The standard InChI is InChI=1S/C14H11NO/c1-16-12-4-5-13-11(8-12)3-2-10-6-7-15-9-14(10)13/h2-9H,1H3. The second kappa shape index (κ2) is 3.49. The molecular weight excluding hydrogens is 198 g/mol. The number of ether oxygens (including phenoxy) is 1. The Balaban J connectivity index is 2.43. The number of hydrogen-bond donors (Lipinski definition) is 0. The molecule has 1 heterocycles. The predicted octanol–water partition coefficient (Wildman–Crippen LogP) is 3.40. The number of hydrogen-bond acceptors (Lipinski definition) is 2. The smallest absolute Gasteiger partial charge is 0.119 e. The van der Waals surface area contributed by atoms with Crippen molar-refractivity contribution in [3.63, 3.8) is 0 Å². The quantitative estimate of drug-likeness (QED) is 0.573. The van der Waals surface area contributed by atoms with Crippen molar-refractivity contribution in [1.82, 2.24) is 4.98 Å². The molecule has 16 heavy (non-hydrogen) atoms. The van der Waals surface area contributed by atoms with E-state index in [2.05, 4.69) is 23.2 Å². The maximum Gasteiger partial charge on any atom is 0.119 e. The minimum Gasteiger partial charge on any atom is -0.497 e. The second-order valence-electron chi connectivity index (χ2n) is 3.75. The summed E-state index contributed by atoms with van der Waals surface area (Å²) in [4.78, 5) is 4.17. The fourth-order valence-corrected chi connectivity index (χ4v) is 2.01. The summed E-state index contributed by atoms with van der Waals surface area (Å²) in [5.41, 5.74) is 0. The van der Waals surface area contributed by atoms with Gasteiger partial charge in [0.15, 0.2) is 0 Å². The lowest BCUT2D eigenvalue weighted by atomic mass is 10.0. The van der Waals surface area contributed by atoms with Gasteiger partial charge in [0.25, 0.3) is 0 Å². The van der Waals surface area contributed by atoms with E-state index in [0.717, 1.165) is 5.75 Å². The normalized spacial score (nSPS) is 10.8. The van der Waals surface area contributed by atoms with Crippen molar-refractivity contribution < 1.29 is 4.74 Å². The molecule has 2 heteroatoms. The van der Waals surface area contributed by atoms with Crippen molar-refractivity contribution in [2.24, 2.45) is 0 Å². The largest absolute Gasteiger partial charge is 0.497 e. The highest BCUT2D eigenvalue weighted by molar-refractivity contribution is 6.07. The molecule has 0 radical (unpaired) electrons. The lowest BCUT2D eigenvalue weighted by Crippen LogP contribution is -1.83. The number of benzene rings is 2. The minimum atomic E-state index is 0.885. The first-order valence-corrected chi connectivity index (χ1v) is 5.19. The first kappa shape index (κ1) is 9.16. The molecule has 2 aromatic carbocycles. The van der Waals surface area contributed by atoms with Crippen LogP contribution in [0.15, 0.2) is 48.8 Å². The van der Waals surface area contributed by atoms with Crippen LogP contribution in [0.25, 0.3) is 21.5 Å². The molecule has 0 atom stereocenters. The summed E-state index contributed by atoms with van der Waals surface area (Å²) in [6, 6.07) is 12.4. The number of methoxy groups -OCH3 is 1. The van der Waals surface area contributed by atoms with E-state index < -0.39 is 0 Å². The third-order valence-corrected chi connectivity index (χ3v) is 2.85. The fourth-order valence-electron chi connectivity index (χ4n) is 2.01. The van der Waals surface area contributed by atoms with Crippen LogP contribution >= 0.6 is 0 Å². The Bertz CT molecular complexity index is 661. The van der Waals surface area contributed by atoms with Gasteiger partial charge in [0.2, 0.25) is 0 Å². The fraction of sp³-hybridized carbons (Fsp3) is 0.0714. The van der Waals surface area contributed by atoms with Crippen molar-refractivity contribution in [2.45, 2.75) is 0 Å². The van der Waals surface area contributed by atoms with Gasteiger partial charge in [-0.3, -0.25) is 4.98 Å². The molecule has 0 saturated heterocycles. The summed E-state index contributed by atoms with van der Waals surface area (Å²) in [5.74, 6) is 0.885. The molecule has 0 fully saturated rings. The van der Waals surface area contributed by atoms with Gasteiger partial charge in [0, 0.05) is 17.8 Å². The maximum atomic E-state index is 5.22. The Morgan fingerprint density at radius 3 is 2.69 bits per heavy atom. The molecule has 3 aromatic rings. The zero-order valence-electron chi connectivity index (χ0n) is 8.97. The average Bonchev–Trinajstić information content (AvgIpc) is 2.38. The van der Waals surface area contributed by atoms with Crippen molar-refractivity contribution in [3.05, 3.63) is 48.8 Å². The summed E-state index contributed by atoms with van der Waals surface area (Å²) in [6.07, 6.45) is 3.72. The molecule has 1 aromatic heterocycles. The van der Waals surface area contributed by atoms with Gasteiger partial charge in [-0.15, -0.1) is 0 Å². The minimum absolute atomic E-state index is 0.885. The molecule has 0 bridgehead atoms. The van der Waals surface area contributed by atoms with Gasteiger partial charge in [0.05, 0.1) is 7.11 Å². The van der Waals surface area contributed by atoms with Crippen LogP contribution in [-0.4, -0.2) is 12.1 Å². The van der Waals surface area contributed by atoms with Crippen LogP contribution in [0.1, 0.15) is 0 Å². The molecule has 0 unspecified atom stereocenters. The van der Waals surface area contributed by atoms with Gasteiger partial charge in [-0.05, 0) is 34.4 Å². The van der Waals surface area contributed by atoms with E-state index in [9.17, 15) is 0 Å². The molecule has 0 aliphatic rings. The lowest BCUT2D eigenvalue weighted by molar-refractivity contribution is 0.415. The third kappa shape index (κ3) is 1.31. The van der Waals surface area contributed by atoms with Crippen molar-refractivity contribution in [3.8, 4) is 5.75 Å². The van der Waals surface area contributed by atoms with E-state index in [0.29, 0.717) is 0 Å². The summed E-state index contributed by atoms with van der Waals surface area (Å²) in [7, 11) is 1.68. The Hall–Kier alpha value is -2.09. The number of rotatable bonds is 1. The molecule has 2 nitrogen and oxygen atoms in total. The SMILES string of the molecule is COc1ccc2c(ccc3ccncc32)c1. The van der Waals surface area contributed by atoms with Crippen LogP contribution in [0, 0.1) is 0 Å². The number of nitrogens with zero attached hydrogens (tertiary/aromatic N) is 1. The van der Waals surface area contributed by atoms with Gasteiger partial charge in [0.1, 0.15) is 5.75 Å². The third-order valence-electron chi connectivity index (χ3n) is 2.85. The molecule has 0 saturated carbocycles. The van der Waals surface area contributed by atoms with Gasteiger partial charge in [-0.25, -0.2) is 0 Å². The van der Waals surface area contributed by atoms with E-state index >= 15 is 0 Å². The average molecular weight is 209 g/mol. The van der Waals surface area contributed by atoms with Gasteiger partial charge in [-0.1, -0.05) is 18.2 Å². The zero-order valence-corrected chi connectivity index (χ0v) is 8.97. The summed E-state index contributed by atoms with van der Waals surface area (Å²) in [5, 5.41) is 4.79. The summed E-state index contributed by atoms with van der Waals surface area (Å²) in [6.45, 7) is 0. The van der Waals surface area contributed by atoms with Crippen molar-refractivity contribution >= 4 is 21.5 Å². The maximum absolute atomic E-state index is 5.22. The predicted molar refractivity (Wildman–Crippen MR) is 65.8 cm³/mol. The number of fused-ring (bicyclic) bond motifs is 3. The van der Waals surface area contributed by atoms with Crippen LogP contribution < -0.4 is 4.74 Å². The van der Waals surface area contributed by atoms with E-state index in [4.69, 9.17) is 4.74 Å². The number of aromatic nitrogens is 1. The lowest BCUT2D eigenvalue weighted by Gasteiger charge is -2.05. The van der Waals surface area contributed by atoms with Gasteiger partial charge < -0.3 is 4.74 Å². The van der Waals surface area contributed by atoms with Gasteiger partial charge in [-0.2, -0.15) is 0 Å². The van der Waals surface area contributed by atoms with Crippen molar-refractivity contribution in [2.75, 3.05) is 7.11 Å². The Morgan fingerprint density at radius 1 is 0.938 bits per heavy atom. The number of pyridine rings is 1. The van der Waals surface area contributed by atoms with E-state index in [1.165, 1.54) is 21.5 Å². The van der Waals surface area contributed by atoms with Gasteiger partial charge >= 0.3 is 0 Å². The highest BCUT2D eigenvalue weighted by Gasteiger charge is 2.01. The Labute approximate surface area is 93.5 Å². The van der Waals surface area contributed by atoms with Crippen LogP contribution in [0.2, 0.25) is 0 Å². The van der Waals surface area contributed by atoms with Crippen LogP contribution in [0.4, 0.5) is 0 Å². The monoisotopic (exact) mass is 209 g/mol. The molecule has 0 N–H and O–H groups in total. The van der Waals surface area contributed by atoms with Crippen LogP contribution in [0.5, 0.6) is 5.75 Å². The van der Waals surface area contributed by atoms with E-state index in [-0.39, 0.29) is 0 Å². The van der Waals surface area contributed by atoms with Crippen LogP contribution in [0.3, 0.4) is 0 Å². The molecule has 0 aliphatic heterocycles. The highest BCUT2D eigenvalue weighted by atomic mass is 16.5. The topological polar surface area (TPSA) is 22.1 Å². The Morgan fingerprint density at radius 2 is 1.81 bits per heavy atom. The van der Waals surface area contributed by atoms with Crippen LogP contribution in [-0.2, 0) is 0 Å². The molecular formula is C14H11NO. The molecule has 78 valence electrons. The first-order valence-electron chi connectivity index (χ1n) is 5.19. The summed E-state index contributed by atoms with van der Waals surface area (Å²) >= 11 is 0. The second-order valence-corrected chi connectivity index (χ2v) is 3.75. The molecule has 3 rings (SSSR count). The van der Waals surface area contributed by atoms with Crippen molar-refractivity contribution in [1.29, 1.82) is 0 Å². The van der Waals surface area contributed by atoms with E-state index in [1.54, 1.807) is 7.11 Å². The summed E-state index contributed by atoms with van der Waals surface area (Å²) < 4.78 is 5.22. The highest BCUT2D eigenvalue weighted by Crippen LogP contribution is 2.27. The molecule has 0 spiro atoms. The Kier molecular flexibility index (Phi) is 2.00.